The van der Waals surface area contributed by atoms with Gasteiger partial charge in [-0.3, -0.25) is 14.4 Å². The Balaban J connectivity index is 1.60. The lowest BCUT2D eigenvalue weighted by Gasteiger charge is -2.32. The van der Waals surface area contributed by atoms with E-state index in [0.29, 0.717) is 19.7 Å². The maximum atomic E-state index is 12.7. The van der Waals surface area contributed by atoms with Crippen LogP contribution in [0.1, 0.15) is 36.5 Å². The van der Waals surface area contributed by atoms with Gasteiger partial charge >= 0.3 is 5.97 Å². The molecule has 0 saturated carbocycles. The van der Waals surface area contributed by atoms with E-state index in [2.05, 4.69) is 0 Å². The molecule has 0 radical (unpaired) electrons. The van der Waals surface area contributed by atoms with Crippen molar-refractivity contribution in [1.29, 1.82) is 0 Å². The largest absolute Gasteiger partial charge is 0.466 e. The number of esters is 1. The van der Waals surface area contributed by atoms with Gasteiger partial charge in [0.05, 0.1) is 31.8 Å². The number of aryl methyl sites for hydroxylation is 2. The molecule has 2 aromatic rings. The van der Waals surface area contributed by atoms with E-state index in [1.165, 1.54) is 4.90 Å². The highest BCUT2D eigenvalue weighted by molar-refractivity contribution is 5.91. The summed E-state index contributed by atoms with van der Waals surface area (Å²) in [6, 6.07) is 3.99. The van der Waals surface area contributed by atoms with Crippen molar-refractivity contribution in [2.24, 2.45) is 5.92 Å². The van der Waals surface area contributed by atoms with Crippen LogP contribution >= 0.6 is 0 Å². The van der Waals surface area contributed by atoms with E-state index in [1.807, 2.05) is 26.0 Å². The van der Waals surface area contributed by atoms with E-state index in [1.54, 1.807) is 25.1 Å². The van der Waals surface area contributed by atoms with Gasteiger partial charge in [-0.2, -0.15) is 0 Å². The van der Waals surface area contributed by atoms with Crippen LogP contribution in [-0.4, -0.2) is 60.9 Å². The number of amides is 2. The molecule has 0 N–H and O–H groups in total. The predicted molar refractivity (Wildman–Crippen MR) is 113 cm³/mol. The van der Waals surface area contributed by atoms with Crippen molar-refractivity contribution in [1.82, 2.24) is 9.80 Å². The highest BCUT2D eigenvalue weighted by Gasteiger charge is 2.30. The van der Waals surface area contributed by atoms with Crippen molar-refractivity contribution < 1.29 is 23.5 Å². The molecule has 3 rings (SSSR count). The lowest BCUT2D eigenvalue weighted by Crippen LogP contribution is -2.47. The van der Waals surface area contributed by atoms with Crippen molar-refractivity contribution in [2.45, 2.75) is 40.0 Å². The zero-order valence-electron chi connectivity index (χ0n) is 18.2. The standard InChI is InChI=1S/C23H30N2O5/c1-5-29-23(28)17-7-6-10-25(12-17)21(27)13-24(4)20(26)11-18-14-30-22-16(3)15(2)8-9-19(18)22/h8-9,14,17H,5-7,10-13H2,1-4H3. The summed E-state index contributed by atoms with van der Waals surface area (Å²) in [5.74, 6) is -0.837. The molecule has 2 amide bonds. The third kappa shape index (κ3) is 4.66. The second kappa shape index (κ2) is 9.32. The quantitative estimate of drug-likeness (QED) is 0.679. The molecule has 162 valence electrons. The molecule has 0 aliphatic carbocycles. The minimum atomic E-state index is -0.285. The third-order valence-corrected chi connectivity index (χ3v) is 5.88. The van der Waals surface area contributed by atoms with Gasteiger partial charge in [-0.15, -0.1) is 0 Å². The Labute approximate surface area is 176 Å². The van der Waals surface area contributed by atoms with Gasteiger partial charge in [-0.05, 0) is 44.7 Å². The van der Waals surface area contributed by atoms with Crippen LogP contribution < -0.4 is 0 Å². The Morgan fingerprint density at radius 1 is 1.27 bits per heavy atom. The molecular weight excluding hydrogens is 384 g/mol. The molecule has 1 aliphatic heterocycles. The summed E-state index contributed by atoms with van der Waals surface area (Å²) >= 11 is 0. The second-order valence-electron chi connectivity index (χ2n) is 8.00. The predicted octanol–water partition coefficient (Wildman–Crippen LogP) is 2.85. The first-order valence-corrected chi connectivity index (χ1v) is 10.5. The van der Waals surface area contributed by atoms with Crippen molar-refractivity contribution >= 4 is 28.8 Å². The molecule has 1 unspecified atom stereocenters. The lowest BCUT2D eigenvalue weighted by molar-refractivity contribution is -0.152. The number of carbonyl (C=O) groups is 3. The van der Waals surface area contributed by atoms with E-state index in [4.69, 9.17) is 9.15 Å². The molecular formula is C23H30N2O5. The van der Waals surface area contributed by atoms with E-state index >= 15 is 0 Å². The molecule has 1 saturated heterocycles. The van der Waals surface area contributed by atoms with Crippen molar-refractivity contribution in [3.05, 3.63) is 35.1 Å². The molecule has 2 heterocycles. The smallest absolute Gasteiger partial charge is 0.310 e. The van der Waals surface area contributed by atoms with Crippen LogP contribution in [-0.2, 0) is 25.5 Å². The number of nitrogens with zero attached hydrogens (tertiary/aromatic N) is 2. The molecule has 1 aromatic heterocycles. The molecule has 1 aromatic carbocycles. The minimum absolute atomic E-state index is 0.0116. The van der Waals surface area contributed by atoms with Crippen molar-refractivity contribution in [2.75, 3.05) is 33.3 Å². The van der Waals surface area contributed by atoms with Gasteiger partial charge in [0.2, 0.25) is 11.8 Å². The summed E-state index contributed by atoms with van der Waals surface area (Å²) in [7, 11) is 1.63. The average molecular weight is 415 g/mol. The normalized spacial score (nSPS) is 16.5. The number of benzene rings is 1. The fourth-order valence-corrected chi connectivity index (χ4v) is 3.87. The molecule has 7 heteroatoms. The van der Waals surface area contributed by atoms with E-state index in [0.717, 1.165) is 40.5 Å². The monoisotopic (exact) mass is 414 g/mol. The van der Waals surface area contributed by atoms with Gasteiger partial charge in [-0.25, -0.2) is 0 Å². The maximum Gasteiger partial charge on any atom is 0.310 e. The Morgan fingerprint density at radius 3 is 2.77 bits per heavy atom. The number of fused-ring (bicyclic) bond motifs is 1. The third-order valence-electron chi connectivity index (χ3n) is 5.88. The Morgan fingerprint density at radius 2 is 2.03 bits per heavy atom. The summed E-state index contributed by atoms with van der Waals surface area (Å²) in [6.45, 7) is 7.07. The zero-order chi connectivity index (χ0) is 21.8. The first-order valence-electron chi connectivity index (χ1n) is 10.5. The number of furan rings is 1. The van der Waals surface area contributed by atoms with Gasteiger partial charge in [0, 0.05) is 31.1 Å². The molecule has 1 fully saturated rings. The summed E-state index contributed by atoms with van der Waals surface area (Å²) < 4.78 is 10.8. The number of rotatable bonds is 6. The number of ether oxygens (including phenoxy) is 1. The Hall–Kier alpha value is -2.83. The number of hydrogen-bond donors (Lipinski definition) is 0. The van der Waals surface area contributed by atoms with E-state index < -0.39 is 0 Å². The number of likely N-dealkylation sites (tertiary alicyclic amines) is 1. The summed E-state index contributed by atoms with van der Waals surface area (Å²) in [6.07, 6.45) is 3.28. The van der Waals surface area contributed by atoms with Gasteiger partial charge in [0.1, 0.15) is 5.58 Å². The zero-order valence-corrected chi connectivity index (χ0v) is 18.2. The van der Waals surface area contributed by atoms with Crippen LogP contribution in [0.2, 0.25) is 0 Å². The minimum Gasteiger partial charge on any atom is -0.466 e. The van der Waals surface area contributed by atoms with Gasteiger partial charge in [-0.1, -0.05) is 12.1 Å². The number of piperidine rings is 1. The topological polar surface area (TPSA) is 80.1 Å². The summed E-state index contributed by atoms with van der Waals surface area (Å²) in [4.78, 5) is 40.5. The maximum absolute atomic E-state index is 12.7. The van der Waals surface area contributed by atoms with Crippen LogP contribution in [0.15, 0.2) is 22.8 Å². The van der Waals surface area contributed by atoms with Crippen LogP contribution in [0.5, 0.6) is 0 Å². The molecule has 30 heavy (non-hydrogen) atoms. The van der Waals surface area contributed by atoms with Crippen LogP contribution in [0.3, 0.4) is 0 Å². The number of likely N-dealkylation sites (N-methyl/N-ethyl adjacent to an activating group) is 1. The average Bonchev–Trinajstić information content (AvgIpc) is 3.14. The van der Waals surface area contributed by atoms with Crippen LogP contribution in [0.4, 0.5) is 0 Å². The first-order chi connectivity index (χ1) is 14.3. The highest BCUT2D eigenvalue weighted by Crippen LogP contribution is 2.27. The molecule has 7 nitrogen and oxygen atoms in total. The van der Waals surface area contributed by atoms with Gasteiger partial charge in [0.25, 0.3) is 0 Å². The lowest BCUT2D eigenvalue weighted by atomic mass is 9.98. The molecule has 0 bridgehead atoms. The SMILES string of the molecule is CCOC(=O)C1CCCN(C(=O)CN(C)C(=O)Cc2coc3c(C)c(C)ccc23)C1. The fraction of sp³-hybridized carbons (Fsp3) is 0.522. The van der Waals surface area contributed by atoms with E-state index in [-0.39, 0.29) is 36.7 Å². The molecule has 1 atom stereocenters. The number of carbonyl (C=O) groups excluding carboxylic acids is 3. The molecule has 0 spiro atoms. The summed E-state index contributed by atoms with van der Waals surface area (Å²) in [5, 5.41) is 0.930. The molecule has 1 aliphatic rings. The Bertz CT molecular complexity index is 948. The van der Waals surface area contributed by atoms with Crippen molar-refractivity contribution in [3.8, 4) is 0 Å². The van der Waals surface area contributed by atoms with E-state index in [9.17, 15) is 14.4 Å². The Kier molecular flexibility index (Phi) is 6.80. The first kappa shape index (κ1) is 21.9. The second-order valence-corrected chi connectivity index (χ2v) is 8.00. The van der Waals surface area contributed by atoms with Crippen LogP contribution in [0.25, 0.3) is 11.0 Å². The highest BCUT2D eigenvalue weighted by atomic mass is 16.5. The summed E-state index contributed by atoms with van der Waals surface area (Å²) in [5.41, 5.74) is 3.82. The fourth-order valence-electron chi connectivity index (χ4n) is 3.87. The number of hydrogen-bond acceptors (Lipinski definition) is 5. The van der Waals surface area contributed by atoms with Gasteiger partial charge < -0.3 is 19.0 Å². The van der Waals surface area contributed by atoms with Crippen molar-refractivity contribution in [3.63, 3.8) is 0 Å². The van der Waals surface area contributed by atoms with Crippen LogP contribution in [0, 0.1) is 19.8 Å². The van der Waals surface area contributed by atoms with Gasteiger partial charge in [0.15, 0.2) is 0 Å².